The van der Waals surface area contributed by atoms with Gasteiger partial charge in [-0.15, -0.1) is 0 Å². The molecular formula is C19H20F3N3O3. The van der Waals surface area contributed by atoms with Gasteiger partial charge in [0, 0.05) is 19.3 Å². The topological polar surface area (TPSA) is 79.5 Å². The Labute approximate surface area is 160 Å². The molecule has 150 valence electrons. The molecule has 6 nitrogen and oxygen atoms in total. The van der Waals surface area contributed by atoms with Crippen LogP contribution in [0.1, 0.15) is 15.9 Å². The molecule has 9 heteroatoms. The smallest absolute Gasteiger partial charge is 0.383 e. The van der Waals surface area contributed by atoms with E-state index >= 15 is 0 Å². The van der Waals surface area contributed by atoms with Crippen LogP contribution in [0, 0.1) is 0 Å². The van der Waals surface area contributed by atoms with Gasteiger partial charge in [0.25, 0.3) is 5.91 Å². The highest BCUT2D eigenvalue weighted by atomic mass is 19.4. The number of para-hydroxylation sites is 1. The molecule has 28 heavy (non-hydrogen) atoms. The summed E-state index contributed by atoms with van der Waals surface area (Å²) in [5, 5.41) is 7.90. The van der Waals surface area contributed by atoms with Gasteiger partial charge < -0.3 is 20.7 Å². The lowest BCUT2D eigenvalue weighted by Crippen LogP contribution is -2.31. The third-order valence-electron chi connectivity index (χ3n) is 3.66. The van der Waals surface area contributed by atoms with Crippen molar-refractivity contribution >= 4 is 23.2 Å². The molecule has 2 aromatic carbocycles. The largest absolute Gasteiger partial charge is 0.416 e. The summed E-state index contributed by atoms with van der Waals surface area (Å²) in [4.78, 5) is 24.5. The normalized spacial score (nSPS) is 11.1. The molecule has 0 heterocycles. The third-order valence-corrected chi connectivity index (χ3v) is 3.66. The van der Waals surface area contributed by atoms with Crippen LogP contribution in [-0.4, -0.2) is 38.6 Å². The minimum absolute atomic E-state index is 0.00202. The molecule has 0 saturated carbocycles. The number of nitrogens with one attached hydrogen (secondary N) is 3. The Balaban J connectivity index is 2.07. The molecule has 2 aromatic rings. The second-order valence-electron chi connectivity index (χ2n) is 5.80. The molecule has 3 N–H and O–H groups in total. The standard InChI is InChI=1S/C19H20F3N3O3/c1-28-10-9-23-12-17(26)25-16-8-3-2-7-15(16)18(27)24-14-6-4-5-13(11-14)19(20,21)22/h2-8,11,23H,9-10,12H2,1H3,(H,24,27)(H,25,26). The van der Waals surface area contributed by atoms with Crippen LogP contribution in [0.2, 0.25) is 0 Å². The fourth-order valence-corrected chi connectivity index (χ4v) is 2.33. The van der Waals surface area contributed by atoms with Crippen molar-refractivity contribution in [2.45, 2.75) is 6.18 Å². The van der Waals surface area contributed by atoms with Crippen LogP contribution in [0.3, 0.4) is 0 Å². The zero-order valence-electron chi connectivity index (χ0n) is 15.1. The van der Waals surface area contributed by atoms with E-state index in [1.54, 1.807) is 19.2 Å². The van der Waals surface area contributed by atoms with Gasteiger partial charge in [0.2, 0.25) is 5.91 Å². The molecule has 0 saturated heterocycles. The quantitative estimate of drug-likeness (QED) is 0.600. The highest BCUT2D eigenvalue weighted by Crippen LogP contribution is 2.30. The predicted octanol–water partition coefficient (Wildman–Crippen LogP) is 3.13. The monoisotopic (exact) mass is 395 g/mol. The minimum atomic E-state index is -4.51. The van der Waals surface area contributed by atoms with Crippen molar-refractivity contribution in [2.75, 3.05) is 37.4 Å². The number of benzene rings is 2. The maximum absolute atomic E-state index is 12.8. The van der Waals surface area contributed by atoms with Crippen molar-refractivity contribution in [3.05, 3.63) is 59.7 Å². The van der Waals surface area contributed by atoms with Crippen molar-refractivity contribution in [3.8, 4) is 0 Å². The summed E-state index contributed by atoms with van der Waals surface area (Å²) < 4.78 is 43.3. The molecule has 0 aromatic heterocycles. The van der Waals surface area contributed by atoms with Gasteiger partial charge in [-0.1, -0.05) is 18.2 Å². The second-order valence-corrected chi connectivity index (χ2v) is 5.80. The number of amides is 2. The lowest BCUT2D eigenvalue weighted by Gasteiger charge is -2.13. The van der Waals surface area contributed by atoms with E-state index in [0.29, 0.717) is 13.2 Å². The van der Waals surface area contributed by atoms with E-state index in [4.69, 9.17) is 4.74 Å². The molecule has 0 aliphatic carbocycles. The molecule has 2 amide bonds. The summed E-state index contributed by atoms with van der Waals surface area (Å²) in [5.41, 5.74) is -0.480. The number of carbonyl (C=O) groups is 2. The molecule has 0 spiro atoms. The van der Waals surface area contributed by atoms with Gasteiger partial charge in [0.1, 0.15) is 0 Å². The van der Waals surface area contributed by atoms with Crippen molar-refractivity contribution in [3.63, 3.8) is 0 Å². The molecule has 2 rings (SSSR count). The van der Waals surface area contributed by atoms with Crippen LogP contribution in [0.5, 0.6) is 0 Å². The third kappa shape index (κ3) is 6.36. The number of methoxy groups -OCH3 is 1. The second kappa shape index (κ2) is 9.86. The molecule has 0 atom stereocenters. The molecule has 0 aliphatic rings. The van der Waals surface area contributed by atoms with Gasteiger partial charge in [-0.2, -0.15) is 13.2 Å². The summed E-state index contributed by atoms with van der Waals surface area (Å²) in [7, 11) is 1.54. The van der Waals surface area contributed by atoms with Gasteiger partial charge >= 0.3 is 6.18 Å². The zero-order valence-corrected chi connectivity index (χ0v) is 15.1. The predicted molar refractivity (Wildman–Crippen MR) is 99.2 cm³/mol. The highest BCUT2D eigenvalue weighted by molar-refractivity contribution is 6.10. The first kappa shape index (κ1) is 21.4. The number of rotatable bonds is 8. The number of hydrogen-bond acceptors (Lipinski definition) is 4. The molecule has 0 fully saturated rings. The molecular weight excluding hydrogens is 375 g/mol. The van der Waals surface area contributed by atoms with E-state index in [-0.39, 0.29) is 29.4 Å². The van der Waals surface area contributed by atoms with E-state index in [1.165, 1.54) is 24.3 Å². The van der Waals surface area contributed by atoms with Crippen molar-refractivity contribution in [1.29, 1.82) is 0 Å². The van der Waals surface area contributed by atoms with Crippen LogP contribution in [0.15, 0.2) is 48.5 Å². The van der Waals surface area contributed by atoms with Crippen LogP contribution in [0.4, 0.5) is 24.5 Å². The number of ether oxygens (including phenoxy) is 1. The number of halogens is 3. The summed E-state index contributed by atoms with van der Waals surface area (Å²) in [6.07, 6.45) is -4.51. The zero-order chi connectivity index (χ0) is 20.6. The SMILES string of the molecule is COCCNCC(=O)Nc1ccccc1C(=O)Nc1cccc(C(F)(F)F)c1. The first-order valence-corrected chi connectivity index (χ1v) is 8.38. The lowest BCUT2D eigenvalue weighted by molar-refractivity contribution is -0.137. The Morgan fingerprint density at radius 1 is 1.04 bits per heavy atom. The van der Waals surface area contributed by atoms with E-state index in [9.17, 15) is 22.8 Å². The van der Waals surface area contributed by atoms with Gasteiger partial charge in [-0.3, -0.25) is 9.59 Å². The van der Waals surface area contributed by atoms with Crippen LogP contribution in [0.25, 0.3) is 0 Å². The minimum Gasteiger partial charge on any atom is -0.383 e. The molecule has 0 bridgehead atoms. The van der Waals surface area contributed by atoms with Crippen LogP contribution >= 0.6 is 0 Å². The Bertz CT molecular complexity index is 825. The van der Waals surface area contributed by atoms with Crippen LogP contribution in [-0.2, 0) is 15.7 Å². The molecule has 0 aliphatic heterocycles. The maximum atomic E-state index is 12.8. The fourth-order valence-electron chi connectivity index (χ4n) is 2.33. The number of anilines is 2. The van der Waals surface area contributed by atoms with E-state index in [2.05, 4.69) is 16.0 Å². The first-order chi connectivity index (χ1) is 13.3. The van der Waals surface area contributed by atoms with Crippen molar-refractivity contribution < 1.29 is 27.5 Å². The fraction of sp³-hybridized carbons (Fsp3) is 0.263. The van der Waals surface area contributed by atoms with Crippen molar-refractivity contribution in [1.82, 2.24) is 5.32 Å². The number of carbonyl (C=O) groups excluding carboxylic acids is 2. The Morgan fingerprint density at radius 3 is 2.50 bits per heavy atom. The Kier molecular flexibility index (Phi) is 7.53. The average Bonchev–Trinajstić information content (AvgIpc) is 2.65. The summed E-state index contributed by atoms with van der Waals surface area (Å²) in [5.74, 6) is -1.00. The average molecular weight is 395 g/mol. The van der Waals surface area contributed by atoms with Crippen LogP contribution < -0.4 is 16.0 Å². The molecule has 0 unspecified atom stereocenters. The first-order valence-electron chi connectivity index (χ1n) is 8.38. The summed E-state index contributed by atoms with van der Waals surface area (Å²) in [6, 6.07) is 10.6. The van der Waals surface area contributed by atoms with E-state index < -0.39 is 17.6 Å². The highest BCUT2D eigenvalue weighted by Gasteiger charge is 2.30. The van der Waals surface area contributed by atoms with Gasteiger partial charge in [-0.05, 0) is 30.3 Å². The van der Waals surface area contributed by atoms with E-state index in [0.717, 1.165) is 12.1 Å². The Hall–Kier alpha value is -2.91. The number of alkyl halides is 3. The van der Waals surface area contributed by atoms with Gasteiger partial charge in [0.05, 0.1) is 30.0 Å². The lowest BCUT2D eigenvalue weighted by atomic mass is 10.1. The summed E-state index contributed by atoms with van der Waals surface area (Å²) in [6.45, 7) is 0.956. The van der Waals surface area contributed by atoms with Gasteiger partial charge in [-0.25, -0.2) is 0 Å². The Morgan fingerprint density at radius 2 is 1.79 bits per heavy atom. The summed E-state index contributed by atoms with van der Waals surface area (Å²) >= 11 is 0. The van der Waals surface area contributed by atoms with E-state index in [1.807, 2.05) is 0 Å². The number of hydrogen-bond donors (Lipinski definition) is 3. The van der Waals surface area contributed by atoms with Gasteiger partial charge in [0.15, 0.2) is 0 Å². The maximum Gasteiger partial charge on any atom is 0.416 e. The molecule has 0 radical (unpaired) electrons. The van der Waals surface area contributed by atoms with Crippen molar-refractivity contribution in [2.24, 2.45) is 0 Å².